The first kappa shape index (κ1) is 13.4. The Hall–Kier alpha value is -1.06. The first-order valence-corrected chi connectivity index (χ1v) is 9.00. The molecule has 0 unspecified atom stereocenters. The average Bonchev–Trinajstić information content (AvgIpc) is 3.11. The van der Waals surface area contributed by atoms with Gasteiger partial charge in [-0.25, -0.2) is 0 Å². The Labute approximate surface area is 132 Å². The van der Waals surface area contributed by atoms with Gasteiger partial charge in [-0.3, -0.25) is 4.90 Å². The molecule has 0 aromatic heterocycles. The van der Waals surface area contributed by atoms with Crippen molar-refractivity contribution in [3.05, 3.63) is 29.8 Å². The van der Waals surface area contributed by atoms with Crippen molar-refractivity contribution in [1.82, 2.24) is 4.90 Å². The van der Waals surface area contributed by atoms with Gasteiger partial charge in [-0.05, 0) is 42.9 Å². The molecular weight excluding hydrogens is 272 g/mol. The van der Waals surface area contributed by atoms with E-state index in [1.54, 1.807) is 0 Å². The van der Waals surface area contributed by atoms with E-state index in [-0.39, 0.29) is 5.41 Å². The van der Waals surface area contributed by atoms with Crippen LogP contribution in [0, 0.1) is 17.8 Å². The van der Waals surface area contributed by atoms with Crippen LogP contribution in [0.5, 0.6) is 0 Å². The zero-order valence-corrected chi connectivity index (χ0v) is 13.3. The average molecular weight is 298 g/mol. The minimum atomic E-state index is 0.249. The van der Waals surface area contributed by atoms with Gasteiger partial charge in [-0.2, -0.15) is 0 Å². The van der Waals surface area contributed by atoms with Crippen LogP contribution in [0.4, 0.5) is 5.69 Å². The van der Waals surface area contributed by atoms with Crippen LogP contribution in [-0.2, 0) is 5.41 Å². The second-order valence-electron chi connectivity index (χ2n) is 7.88. The second-order valence-corrected chi connectivity index (χ2v) is 7.88. The van der Waals surface area contributed by atoms with Crippen molar-refractivity contribution in [3.8, 4) is 0 Å². The van der Waals surface area contributed by atoms with Gasteiger partial charge in [0.25, 0.3) is 0 Å². The Kier molecular flexibility index (Phi) is 2.73. The van der Waals surface area contributed by atoms with Crippen molar-refractivity contribution in [2.75, 3.05) is 25.0 Å². The van der Waals surface area contributed by atoms with Crippen LogP contribution in [0.15, 0.2) is 24.3 Å². The van der Waals surface area contributed by atoms with E-state index in [4.69, 9.17) is 0 Å². The summed E-state index contributed by atoms with van der Waals surface area (Å²) in [6.07, 6.45) is 3.79. The second kappa shape index (κ2) is 4.48. The number of piperidine rings is 1. The fourth-order valence-corrected chi connectivity index (χ4v) is 6.53. The summed E-state index contributed by atoms with van der Waals surface area (Å²) in [6.45, 7) is 5.15. The zero-order valence-electron chi connectivity index (χ0n) is 13.3. The van der Waals surface area contributed by atoms with Gasteiger partial charge in [0, 0.05) is 42.3 Å². The summed E-state index contributed by atoms with van der Waals surface area (Å²) in [7, 11) is 0. The van der Waals surface area contributed by atoms with Gasteiger partial charge < -0.3 is 10.4 Å². The molecule has 3 heteroatoms. The molecule has 3 fully saturated rings. The summed E-state index contributed by atoms with van der Waals surface area (Å²) < 4.78 is 0. The molecule has 2 bridgehead atoms. The molecule has 2 N–H and O–H groups in total. The van der Waals surface area contributed by atoms with Gasteiger partial charge in [0.15, 0.2) is 0 Å². The maximum Gasteiger partial charge on any atom is 0.0481 e. The van der Waals surface area contributed by atoms with Crippen molar-refractivity contribution >= 4 is 5.69 Å². The predicted molar refractivity (Wildman–Crippen MR) is 88.0 cm³/mol. The van der Waals surface area contributed by atoms with Crippen LogP contribution in [0.1, 0.15) is 31.7 Å². The molecule has 1 aromatic carbocycles. The highest BCUT2D eigenvalue weighted by atomic mass is 16.3. The molecule has 3 heterocycles. The van der Waals surface area contributed by atoms with Crippen molar-refractivity contribution in [3.63, 3.8) is 0 Å². The molecule has 1 aliphatic carbocycles. The molecule has 1 saturated carbocycles. The summed E-state index contributed by atoms with van der Waals surface area (Å²) in [4.78, 5) is 2.77. The van der Waals surface area contributed by atoms with Crippen LogP contribution in [0.3, 0.4) is 0 Å². The number of rotatable bonds is 2. The molecule has 5 rings (SSSR count). The molecule has 2 saturated heterocycles. The Morgan fingerprint density at radius 1 is 1.36 bits per heavy atom. The van der Waals surface area contributed by atoms with Gasteiger partial charge in [0.1, 0.15) is 0 Å². The molecule has 4 aliphatic rings. The first-order chi connectivity index (χ1) is 10.8. The SMILES string of the molecule is CC[C@@H]1CN2CC[C@]34c5ccccc5N[C@H]3[C@H](CO)[C@H]1C[C@H]24. The number of para-hydroxylation sites is 1. The third-order valence-corrected chi connectivity index (χ3v) is 7.43. The van der Waals surface area contributed by atoms with Crippen LogP contribution < -0.4 is 5.32 Å². The highest BCUT2D eigenvalue weighted by molar-refractivity contribution is 5.64. The van der Waals surface area contributed by atoms with Crippen LogP contribution in [0.2, 0.25) is 0 Å². The Bertz CT molecular complexity index is 603. The van der Waals surface area contributed by atoms with Gasteiger partial charge in [0.2, 0.25) is 0 Å². The molecule has 0 radical (unpaired) electrons. The summed E-state index contributed by atoms with van der Waals surface area (Å²) in [6, 6.07) is 10.0. The standard InChI is InChI=1S/C19H26N2O/c1-2-12-10-21-8-7-19-15-5-3-4-6-16(15)20-18(19)14(11-22)13(12)9-17(19)21/h3-6,12-14,17-18,20,22H,2,7-11H2,1H3/t12-,13+,14-,17+,18+,19-/m1/s1. The van der Waals surface area contributed by atoms with E-state index in [1.807, 2.05) is 0 Å². The van der Waals surface area contributed by atoms with Gasteiger partial charge >= 0.3 is 0 Å². The summed E-state index contributed by atoms with van der Waals surface area (Å²) >= 11 is 0. The van der Waals surface area contributed by atoms with Gasteiger partial charge in [-0.15, -0.1) is 0 Å². The lowest BCUT2D eigenvalue weighted by atomic mass is 9.54. The Morgan fingerprint density at radius 2 is 2.23 bits per heavy atom. The van der Waals surface area contributed by atoms with E-state index in [0.717, 1.165) is 5.92 Å². The zero-order chi connectivity index (χ0) is 14.9. The molecule has 22 heavy (non-hydrogen) atoms. The lowest BCUT2D eigenvalue weighted by Gasteiger charge is -2.56. The number of nitrogens with one attached hydrogen (secondary N) is 1. The van der Waals surface area contributed by atoms with E-state index < -0.39 is 0 Å². The Morgan fingerprint density at radius 3 is 3.05 bits per heavy atom. The number of hydrogen-bond donors (Lipinski definition) is 2. The molecule has 1 aromatic rings. The number of aliphatic hydroxyl groups is 1. The molecule has 0 amide bonds. The maximum absolute atomic E-state index is 10.2. The fraction of sp³-hybridized carbons (Fsp3) is 0.684. The summed E-state index contributed by atoms with van der Waals surface area (Å²) in [5.41, 5.74) is 3.10. The number of anilines is 1. The first-order valence-electron chi connectivity index (χ1n) is 9.00. The number of fused-ring (bicyclic) bond motifs is 2. The lowest BCUT2D eigenvalue weighted by molar-refractivity contribution is -0.0363. The van der Waals surface area contributed by atoms with E-state index in [9.17, 15) is 5.11 Å². The minimum Gasteiger partial charge on any atom is -0.396 e. The predicted octanol–water partition coefficient (Wildman–Crippen LogP) is 2.46. The van der Waals surface area contributed by atoms with Crippen molar-refractivity contribution in [1.29, 1.82) is 0 Å². The van der Waals surface area contributed by atoms with Gasteiger partial charge in [0.05, 0.1) is 0 Å². The lowest BCUT2D eigenvalue weighted by Crippen LogP contribution is -2.64. The normalized spacial score (nSPS) is 45.3. The molecule has 6 atom stereocenters. The van der Waals surface area contributed by atoms with E-state index in [2.05, 4.69) is 41.4 Å². The van der Waals surface area contributed by atoms with Crippen LogP contribution >= 0.6 is 0 Å². The Balaban J connectivity index is 1.68. The quantitative estimate of drug-likeness (QED) is 0.880. The molecule has 118 valence electrons. The molecule has 3 nitrogen and oxygen atoms in total. The van der Waals surface area contributed by atoms with E-state index in [0.29, 0.717) is 30.5 Å². The van der Waals surface area contributed by atoms with Crippen LogP contribution in [-0.4, -0.2) is 41.8 Å². The largest absolute Gasteiger partial charge is 0.396 e. The smallest absolute Gasteiger partial charge is 0.0481 e. The number of aliphatic hydroxyl groups excluding tert-OH is 1. The number of nitrogens with zero attached hydrogens (tertiary/aromatic N) is 1. The van der Waals surface area contributed by atoms with E-state index >= 15 is 0 Å². The van der Waals surface area contributed by atoms with Crippen LogP contribution in [0.25, 0.3) is 0 Å². The molecule has 1 spiro atoms. The minimum absolute atomic E-state index is 0.249. The monoisotopic (exact) mass is 298 g/mol. The topological polar surface area (TPSA) is 35.5 Å². The maximum atomic E-state index is 10.2. The fourth-order valence-electron chi connectivity index (χ4n) is 6.53. The third kappa shape index (κ3) is 1.40. The molecule has 3 aliphatic heterocycles. The summed E-state index contributed by atoms with van der Waals surface area (Å²) in [5.74, 6) is 1.86. The molecular formula is C19H26N2O. The van der Waals surface area contributed by atoms with Crippen molar-refractivity contribution < 1.29 is 5.11 Å². The third-order valence-electron chi connectivity index (χ3n) is 7.43. The number of hydrogen-bond acceptors (Lipinski definition) is 3. The van der Waals surface area contributed by atoms with E-state index in [1.165, 1.54) is 43.6 Å². The highest BCUT2D eigenvalue weighted by Gasteiger charge is 2.65. The van der Waals surface area contributed by atoms with Crippen molar-refractivity contribution in [2.24, 2.45) is 17.8 Å². The van der Waals surface area contributed by atoms with Crippen molar-refractivity contribution in [2.45, 2.75) is 43.7 Å². The van der Waals surface area contributed by atoms with Gasteiger partial charge in [-0.1, -0.05) is 31.5 Å². The number of benzene rings is 1. The summed E-state index contributed by atoms with van der Waals surface area (Å²) in [5, 5.41) is 14.1. The highest BCUT2D eigenvalue weighted by Crippen LogP contribution is 2.61.